The van der Waals surface area contributed by atoms with Crippen molar-refractivity contribution in [2.45, 2.75) is 38.7 Å². The molecule has 14 heavy (non-hydrogen) atoms. The summed E-state index contributed by atoms with van der Waals surface area (Å²) in [4.78, 5) is 0. The smallest absolute Gasteiger partial charge is 0.430 e. The molecule has 4 heteroatoms. The molecule has 0 aromatic heterocycles. The highest BCUT2D eigenvalue weighted by Crippen LogP contribution is 2.25. The van der Waals surface area contributed by atoms with Crippen LogP contribution in [0.4, 0.5) is 0 Å². The van der Waals surface area contributed by atoms with Crippen molar-refractivity contribution in [3.05, 3.63) is 12.7 Å². The fourth-order valence-corrected chi connectivity index (χ4v) is 1.79. The van der Waals surface area contributed by atoms with E-state index >= 15 is 0 Å². The second-order valence-electron chi connectivity index (χ2n) is 3.64. The van der Waals surface area contributed by atoms with Gasteiger partial charge >= 0.3 is 7.69 Å². The Bertz CT molecular complexity index is 155. The lowest BCUT2D eigenvalue weighted by Crippen LogP contribution is -2.22. The van der Waals surface area contributed by atoms with E-state index in [1.807, 2.05) is 6.08 Å². The minimum atomic E-state index is -0.387. The predicted molar refractivity (Wildman–Crippen MR) is 62.5 cm³/mol. The van der Waals surface area contributed by atoms with E-state index in [9.17, 15) is 0 Å². The van der Waals surface area contributed by atoms with E-state index in [0.717, 1.165) is 19.3 Å². The molecule has 0 saturated heterocycles. The van der Waals surface area contributed by atoms with Crippen LogP contribution in [-0.2, 0) is 4.65 Å². The van der Waals surface area contributed by atoms with E-state index in [-0.39, 0.29) is 13.2 Å². The minimum absolute atomic E-state index is 0.293. The molecule has 3 atom stereocenters. The molecule has 0 amide bonds. The lowest BCUT2D eigenvalue weighted by atomic mass is 9.92. The van der Waals surface area contributed by atoms with Crippen molar-refractivity contribution in [3.63, 3.8) is 0 Å². The molecule has 0 rings (SSSR count). The Labute approximate surface area is 92.6 Å². The highest BCUT2D eigenvalue weighted by molar-refractivity contribution is 6.24. The highest BCUT2D eigenvalue weighted by atomic mass is 35.5. The van der Waals surface area contributed by atoms with Gasteiger partial charge in [0.15, 0.2) is 0 Å². The maximum absolute atomic E-state index is 8.62. The summed E-state index contributed by atoms with van der Waals surface area (Å²) in [6.45, 7) is 7.97. The van der Waals surface area contributed by atoms with Gasteiger partial charge in [-0.15, -0.1) is 6.58 Å². The fraction of sp³-hybridized carbons (Fsp3) is 0.800. The van der Waals surface area contributed by atoms with E-state index in [2.05, 4.69) is 20.4 Å². The summed E-state index contributed by atoms with van der Waals surface area (Å²) in [5.41, 5.74) is -0.387. The normalized spacial score (nSPS) is 17.1. The molecule has 0 spiro atoms. The van der Waals surface area contributed by atoms with Crippen LogP contribution in [0.3, 0.4) is 0 Å². The summed E-state index contributed by atoms with van der Waals surface area (Å²) < 4.78 is 4.99. The van der Waals surface area contributed by atoms with Crippen molar-refractivity contribution in [1.29, 1.82) is 0 Å². The first-order chi connectivity index (χ1) is 6.65. The number of rotatable bonds is 8. The molecule has 0 fully saturated rings. The first-order valence-electron chi connectivity index (χ1n) is 5.14. The third-order valence-corrected chi connectivity index (χ3v) is 2.82. The second-order valence-corrected chi connectivity index (χ2v) is 4.07. The summed E-state index contributed by atoms with van der Waals surface area (Å²) in [6, 6.07) is 0. The maximum atomic E-state index is 8.62. The molecule has 0 aromatic rings. The molecule has 1 N–H and O–H groups in total. The number of halogens is 1. The lowest BCUT2D eigenvalue weighted by Gasteiger charge is -2.23. The molecule has 0 saturated carbocycles. The van der Waals surface area contributed by atoms with Crippen LogP contribution in [0, 0.1) is 11.8 Å². The largest absolute Gasteiger partial charge is 0.436 e. The molecular formula is C10H20BClO2. The van der Waals surface area contributed by atoms with E-state index in [1.54, 1.807) is 0 Å². The lowest BCUT2D eigenvalue weighted by molar-refractivity contribution is 0.169. The van der Waals surface area contributed by atoms with Crippen LogP contribution >= 0.6 is 11.6 Å². The van der Waals surface area contributed by atoms with E-state index in [4.69, 9.17) is 21.3 Å². The highest BCUT2D eigenvalue weighted by Gasteiger charge is 2.20. The zero-order valence-electron chi connectivity index (χ0n) is 9.08. The minimum Gasteiger partial charge on any atom is -0.430 e. The van der Waals surface area contributed by atoms with Crippen molar-refractivity contribution in [2.24, 2.45) is 11.8 Å². The Balaban J connectivity index is 4.04. The molecular weight excluding hydrogens is 198 g/mol. The predicted octanol–water partition coefficient (Wildman–Crippen LogP) is 2.46. The van der Waals surface area contributed by atoms with Crippen molar-refractivity contribution >= 4 is 19.3 Å². The van der Waals surface area contributed by atoms with Crippen LogP contribution < -0.4 is 0 Å². The summed E-state index contributed by atoms with van der Waals surface area (Å²) in [7, 11) is -0.309. The Morgan fingerprint density at radius 1 is 1.64 bits per heavy atom. The molecule has 0 aromatic carbocycles. The summed E-state index contributed by atoms with van der Waals surface area (Å²) >= 11 is 6.01. The van der Waals surface area contributed by atoms with Crippen molar-refractivity contribution < 1.29 is 9.68 Å². The number of alkyl halides is 1. The molecule has 82 valence electrons. The molecule has 0 aliphatic rings. The Kier molecular flexibility index (Phi) is 8.34. The molecule has 0 heterocycles. The van der Waals surface area contributed by atoms with Crippen LogP contribution in [0.5, 0.6) is 0 Å². The molecule has 0 radical (unpaired) electrons. The maximum Gasteiger partial charge on any atom is 0.436 e. The summed E-state index contributed by atoms with van der Waals surface area (Å²) in [6.07, 6.45) is 4.98. The first kappa shape index (κ1) is 14.0. The molecule has 3 unspecified atom stereocenters. The van der Waals surface area contributed by atoms with Crippen LogP contribution in [0.15, 0.2) is 12.7 Å². The zero-order valence-corrected chi connectivity index (χ0v) is 9.83. The molecule has 2 nitrogen and oxygen atoms in total. The standard InChI is InChI=1S/C10H20BClO2/c1-4-6-9(7-8(3)5-2)10(12)14-11-13/h5,8-11,13H,2,4,6-7H2,1,3H3. The average molecular weight is 219 g/mol. The van der Waals surface area contributed by atoms with Gasteiger partial charge in [0.1, 0.15) is 5.56 Å². The molecule has 0 aliphatic carbocycles. The van der Waals surface area contributed by atoms with Gasteiger partial charge in [-0.05, 0) is 24.7 Å². The van der Waals surface area contributed by atoms with Crippen molar-refractivity contribution in [3.8, 4) is 0 Å². The fourth-order valence-electron chi connectivity index (χ4n) is 1.51. The van der Waals surface area contributed by atoms with Gasteiger partial charge in [-0.2, -0.15) is 0 Å². The van der Waals surface area contributed by atoms with Gasteiger partial charge < -0.3 is 9.68 Å². The Morgan fingerprint density at radius 2 is 2.29 bits per heavy atom. The van der Waals surface area contributed by atoms with E-state index in [0.29, 0.717) is 11.8 Å². The quantitative estimate of drug-likeness (QED) is 0.385. The molecule has 0 aliphatic heterocycles. The zero-order chi connectivity index (χ0) is 11.0. The monoisotopic (exact) mass is 218 g/mol. The van der Waals surface area contributed by atoms with Gasteiger partial charge in [0.25, 0.3) is 0 Å². The average Bonchev–Trinajstić information content (AvgIpc) is 2.17. The summed E-state index contributed by atoms with van der Waals surface area (Å²) in [5, 5.41) is 8.62. The SMILES string of the molecule is C=CC(C)CC(CCC)C(Cl)OBO. The van der Waals surface area contributed by atoms with Gasteiger partial charge in [0, 0.05) is 0 Å². The number of hydrogen-bond donors (Lipinski definition) is 1. The topological polar surface area (TPSA) is 29.5 Å². The Hall–Kier alpha value is 0.0149. The van der Waals surface area contributed by atoms with Crippen LogP contribution in [0.25, 0.3) is 0 Å². The first-order valence-corrected chi connectivity index (χ1v) is 5.58. The number of allylic oxidation sites excluding steroid dienone is 1. The second kappa shape index (κ2) is 8.33. The molecule has 0 bridgehead atoms. The van der Waals surface area contributed by atoms with E-state index in [1.165, 1.54) is 0 Å². The van der Waals surface area contributed by atoms with Gasteiger partial charge in [-0.25, -0.2) is 0 Å². The van der Waals surface area contributed by atoms with Crippen LogP contribution in [0.1, 0.15) is 33.1 Å². The van der Waals surface area contributed by atoms with Gasteiger partial charge in [0.05, 0.1) is 0 Å². The third-order valence-electron chi connectivity index (χ3n) is 2.34. The van der Waals surface area contributed by atoms with Crippen LogP contribution in [0.2, 0.25) is 0 Å². The van der Waals surface area contributed by atoms with Gasteiger partial charge in [-0.1, -0.05) is 37.9 Å². The van der Waals surface area contributed by atoms with Crippen LogP contribution in [-0.4, -0.2) is 18.3 Å². The van der Waals surface area contributed by atoms with E-state index < -0.39 is 0 Å². The Morgan fingerprint density at radius 3 is 2.71 bits per heavy atom. The third kappa shape index (κ3) is 5.68. The van der Waals surface area contributed by atoms with Gasteiger partial charge in [-0.3, -0.25) is 0 Å². The summed E-state index contributed by atoms with van der Waals surface area (Å²) in [5.74, 6) is 0.733. The van der Waals surface area contributed by atoms with Gasteiger partial charge in [0.2, 0.25) is 0 Å². The van der Waals surface area contributed by atoms with Crippen molar-refractivity contribution in [2.75, 3.05) is 0 Å². The van der Waals surface area contributed by atoms with Crippen molar-refractivity contribution in [1.82, 2.24) is 0 Å². The number of hydrogen-bond acceptors (Lipinski definition) is 2.